The number of benzene rings is 1. The maximum Gasteiger partial charge on any atom is 0.206 e. The van der Waals surface area contributed by atoms with Crippen molar-refractivity contribution in [2.24, 2.45) is 0 Å². The monoisotopic (exact) mass is 359 g/mol. The van der Waals surface area contributed by atoms with Gasteiger partial charge in [-0.2, -0.15) is 0 Å². The molecule has 1 aliphatic heterocycles. The van der Waals surface area contributed by atoms with E-state index in [4.69, 9.17) is 27.9 Å². The van der Waals surface area contributed by atoms with E-state index in [-0.39, 0.29) is 6.04 Å². The minimum atomic E-state index is -1.07. The molecule has 1 fully saturated rings. The van der Waals surface area contributed by atoms with Gasteiger partial charge < -0.3 is 20.3 Å². The van der Waals surface area contributed by atoms with E-state index in [1.165, 1.54) is 0 Å². The van der Waals surface area contributed by atoms with E-state index in [0.717, 1.165) is 0 Å². The average molecular weight is 360 g/mol. The molecular formula is C15H19Cl2N3O3. The molecular weight excluding hydrogens is 341 g/mol. The van der Waals surface area contributed by atoms with Gasteiger partial charge in [0, 0.05) is 6.04 Å². The molecule has 4 atom stereocenters. The predicted octanol–water partition coefficient (Wildman–Crippen LogP) is 2.80. The molecule has 6 nitrogen and oxygen atoms in total. The van der Waals surface area contributed by atoms with Crippen LogP contribution in [-0.2, 0) is 4.74 Å². The second-order valence-electron chi connectivity index (χ2n) is 6.07. The third kappa shape index (κ3) is 2.90. The van der Waals surface area contributed by atoms with Gasteiger partial charge in [0.25, 0.3) is 0 Å². The molecule has 1 saturated heterocycles. The Morgan fingerprint density at radius 2 is 1.87 bits per heavy atom. The lowest BCUT2D eigenvalue weighted by Gasteiger charge is -2.21. The summed E-state index contributed by atoms with van der Waals surface area (Å²) in [6, 6.07) is 3.48. The smallest absolute Gasteiger partial charge is 0.206 e. The molecule has 0 aliphatic carbocycles. The second-order valence-corrected chi connectivity index (χ2v) is 6.89. The lowest BCUT2D eigenvalue weighted by Crippen LogP contribution is -2.31. The molecule has 1 aromatic carbocycles. The van der Waals surface area contributed by atoms with Crippen LogP contribution in [0.25, 0.3) is 11.0 Å². The summed E-state index contributed by atoms with van der Waals surface area (Å²) in [5.41, 5.74) is 1.31. The lowest BCUT2D eigenvalue weighted by atomic mass is 10.1. The molecule has 2 heterocycles. The molecule has 3 rings (SSSR count). The minimum Gasteiger partial charge on any atom is -0.388 e. The summed E-state index contributed by atoms with van der Waals surface area (Å²) >= 11 is 12.2. The number of ether oxygens (including phenoxy) is 1. The number of nitrogens with one attached hydrogen (secondary N) is 1. The van der Waals surface area contributed by atoms with Crippen LogP contribution in [0.1, 0.15) is 27.0 Å². The van der Waals surface area contributed by atoms with Gasteiger partial charge in [0.1, 0.15) is 12.2 Å². The highest BCUT2D eigenvalue weighted by Gasteiger charge is 2.42. The lowest BCUT2D eigenvalue weighted by molar-refractivity contribution is -0.0284. The van der Waals surface area contributed by atoms with Gasteiger partial charge in [-0.25, -0.2) is 4.98 Å². The van der Waals surface area contributed by atoms with Crippen molar-refractivity contribution in [2.45, 2.75) is 51.4 Å². The fourth-order valence-corrected chi connectivity index (χ4v) is 3.06. The van der Waals surface area contributed by atoms with Crippen molar-refractivity contribution in [3.05, 3.63) is 22.2 Å². The molecule has 3 N–H and O–H groups in total. The molecule has 126 valence electrons. The van der Waals surface area contributed by atoms with Crippen molar-refractivity contribution >= 4 is 40.2 Å². The van der Waals surface area contributed by atoms with Crippen molar-refractivity contribution < 1.29 is 14.9 Å². The topological polar surface area (TPSA) is 79.5 Å². The quantitative estimate of drug-likeness (QED) is 0.785. The van der Waals surface area contributed by atoms with Gasteiger partial charge >= 0.3 is 0 Å². The summed E-state index contributed by atoms with van der Waals surface area (Å²) in [5, 5.41) is 24.3. The normalized spacial score (nSPS) is 28.0. The van der Waals surface area contributed by atoms with Crippen LogP contribution < -0.4 is 5.32 Å². The molecule has 23 heavy (non-hydrogen) atoms. The minimum absolute atomic E-state index is 0.123. The molecule has 0 bridgehead atoms. The van der Waals surface area contributed by atoms with E-state index in [9.17, 15) is 10.2 Å². The number of anilines is 1. The number of nitrogens with zero attached hydrogens (tertiary/aromatic N) is 2. The molecule has 2 aromatic rings. The molecule has 0 radical (unpaired) electrons. The van der Waals surface area contributed by atoms with Crippen LogP contribution in [0, 0.1) is 0 Å². The fraction of sp³-hybridized carbons (Fsp3) is 0.533. The average Bonchev–Trinajstić information content (AvgIpc) is 2.91. The first kappa shape index (κ1) is 16.8. The number of hydrogen-bond acceptors (Lipinski definition) is 5. The van der Waals surface area contributed by atoms with Gasteiger partial charge in [0.2, 0.25) is 5.95 Å². The van der Waals surface area contributed by atoms with Crippen molar-refractivity contribution in [3.63, 3.8) is 0 Å². The van der Waals surface area contributed by atoms with Crippen LogP contribution in [0.5, 0.6) is 0 Å². The SMILES string of the molecule is CC(C)Nc1nc2cc(Cl)c(Cl)cc2n1[C@@H]1O[C@@H](C)[C@@H](O)[C@H]1O. The van der Waals surface area contributed by atoms with Gasteiger partial charge in [-0.3, -0.25) is 4.57 Å². The van der Waals surface area contributed by atoms with Gasteiger partial charge in [0.15, 0.2) is 6.23 Å². The maximum absolute atomic E-state index is 10.3. The molecule has 1 aromatic heterocycles. The van der Waals surface area contributed by atoms with Gasteiger partial charge in [-0.05, 0) is 32.9 Å². The Morgan fingerprint density at radius 3 is 2.43 bits per heavy atom. The molecule has 0 spiro atoms. The summed E-state index contributed by atoms with van der Waals surface area (Å²) in [5.74, 6) is 0.527. The first-order chi connectivity index (χ1) is 10.8. The molecule has 0 saturated carbocycles. The Balaban J connectivity index is 2.18. The van der Waals surface area contributed by atoms with E-state index < -0.39 is 24.5 Å². The Kier molecular flexibility index (Phi) is 4.46. The number of halogens is 2. The third-order valence-corrected chi connectivity index (χ3v) is 4.60. The standard InChI is InChI=1S/C15H19Cl2N3O3/c1-6(2)18-15-19-10-4-8(16)9(17)5-11(10)20(15)14-13(22)12(21)7(3)23-14/h4-7,12-14,21-22H,1-3H3,(H,18,19)/t7-,12+,13+,14+/m0/s1. The summed E-state index contributed by atoms with van der Waals surface area (Å²) in [6.07, 6.45) is -3.28. The predicted molar refractivity (Wildman–Crippen MR) is 90.1 cm³/mol. The Bertz CT molecular complexity index is 734. The summed E-state index contributed by atoms with van der Waals surface area (Å²) < 4.78 is 7.45. The summed E-state index contributed by atoms with van der Waals surface area (Å²) in [6.45, 7) is 5.67. The maximum atomic E-state index is 10.3. The fourth-order valence-electron chi connectivity index (χ4n) is 2.75. The van der Waals surface area contributed by atoms with Gasteiger partial charge in [-0.15, -0.1) is 0 Å². The highest BCUT2D eigenvalue weighted by Crippen LogP contribution is 2.37. The van der Waals surface area contributed by atoms with Crippen molar-refractivity contribution in [1.29, 1.82) is 0 Å². The van der Waals surface area contributed by atoms with Crippen LogP contribution >= 0.6 is 23.2 Å². The highest BCUT2D eigenvalue weighted by atomic mass is 35.5. The molecule has 8 heteroatoms. The first-order valence-corrected chi connectivity index (χ1v) is 8.20. The molecule has 0 unspecified atom stereocenters. The van der Waals surface area contributed by atoms with Crippen molar-refractivity contribution in [1.82, 2.24) is 9.55 Å². The largest absolute Gasteiger partial charge is 0.388 e. The zero-order chi connectivity index (χ0) is 16.9. The molecule has 0 amide bonds. The van der Waals surface area contributed by atoms with E-state index in [1.54, 1.807) is 23.6 Å². The van der Waals surface area contributed by atoms with Crippen molar-refractivity contribution in [3.8, 4) is 0 Å². The Morgan fingerprint density at radius 1 is 1.22 bits per heavy atom. The van der Waals surface area contributed by atoms with Crippen LogP contribution in [0.4, 0.5) is 5.95 Å². The van der Waals surface area contributed by atoms with Crippen LogP contribution in [0.3, 0.4) is 0 Å². The first-order valence-electron chi connectivity index (χ1n) is 7.44. The van der Waals surface area contributed by atoms with Gasteiger partial charge in [-0.1, -0.05) is 23.2 Å². The number of imidazole rings is 1. The van der Waals surface area contributed by atoms with E-state index >= 15 is 0 Å². The zero-order valence-electron chi connectivity index (χ0n) is 13.0. The number of aromatic nitrogens is 2. The Hall–Kier alpha value is -1.05. The van der Waals surface area contributed by atoms with Crippen LogP contribution in [-0.4, -0.2) is 44.1 Å². The van der Waals surface area contributed by atoms with E-state index in [0.29, 0.717) is 27.0 Å². The number of fused-ring (bicyclic) bond motifs is 1. The van der Waals surface area contributed by atoms with E-state index in [2.05, 4.69) is 10.3 Å². The molecule has 1 aliphatic rings. The van der Waals surface area contributed by atoms with Gasteiger partial charge in [0.05, 0.1) is 27.2 Å². The Labute approximate surface area is 144 Å². The highest BCUT2D eigenvalue weighted by molar-refractivity contribution is 6.42. The zero-order valence-corrected chi connectivity index (χ0v) is 14.5. The van der Waals surface area contributed by atoms with E-state index in [1.807, 2.05) is 13.8 Å². The third-order valence-electron chi connectivity index (χ3n) is 3.88. The number of rotatable bonds is 3. The van der Waals surface area contributed by atoms with Crippen LogP contribution in [0.15, 0.2) is 12.1 Å². The number of aliphatic hydroxyl groups excluding tert-OH is 2. The van der Waals surface area contributed by atoms with Crippen molar-refractivity contribution in [2.75, 3.05) is 5.32 Å². The summed E-state index contributed by atoms with van der Waals surface area (Å²) in [7, 11) is 0. The number of hydrogen-bond donors (Lipinski definition) is 3. The summed E-state index contributed by atoms with van der Waals surface area (Å²) in [4.78, 5) is 4.52. The second kappa shape index (κ2) is 6.11. The number of aliphatic hydroxyl groups is 2. The van der Waals surface area contributed by atoms with Crippen LogP contribution in [0.2, 0.25) is 10.0 Å².